The molecule has 2 aromatic rings. The Hall–Kier alpha value is -2.41. The van der Waals surface area contributed by atoms with Gasteiger partial charge in [0.1, 0.15) is 0 Å². The highest BCUT2D eigenvalue weighted by molar-refractivity contribution is 7.80. The molecule has 0 atom stereocenters. The van der Waals surface area contributed by atoms with Crippen molar-refractivity contribution < 1.29 is 0 Å². The summed E-state index contributed by atoms with van der Waals surface area (Å²) in [6, 6.07) is 9.57. The lowest BCUT2D eigenvalue weighted by molar-refractivity contribution is 0.338. The molecule has 0 bridgehead atoms. The normalized spacial score (nSPS) is 14.9. The standard InChI is InChI=1S/C18H23N5OS/c1-14-16(13-19-20-18(25)22-11-7-4-8-12-22)17(24)23(21(14)2)15-9-5-3-6-10-15/h3,5-6,9-10,13H,4,7-8,11-12H2,1-2H3,(H,20,25)/b19-13+. The minimum Gasteiger partial charge on any atom is -0.348 e. The van der Waals surface area contributed by atoms with Gasteiger partial charge in [0.05, 0.1) is 17.5 Å². The van der Waals surface area contributed by atoms with Gasteiger partial charge in [0, 0.05) is 25.8 Å². The molecule has 132 valence electrons. The van der Waals surface area contributed by atoms with Gasteiger partial charge in [0.15, 0.2) is 5.11 Å². The number of hydrogen-bond acceptors (Lipinski definition) is 3. The van der Waals surface area contributed by atoms with Gasteiger partial charge in [0.2, 0.25) is 0 Å². The third kappa shape index (κ3) is 3.66. The monoisotopic (exact) mass is 357 g/mol. The number of rotatable bonds is 3. The van der Waals surface area contributed by atoms with Crippen LogP contribution in [0.3, 0.4) is 0 Å². The van der Waals surface area contributed by atoms with Gasteiger partial charge in [0.25, 0.3) is 5.56 Å². The van der Waals surface area contributed by atoms with Crippen molar-refractivity contribution in [2.45, 2.75) is 26.2 Å². The lowest BCUT2D eigenvalue weighted by Gasteiger charge is -2.28. The molecule has 1 fully saturated rings. The van der Waals surface area contributed by atoms with E-state index >= 15 is 0 Å². The summed E-state index contributed by atoms with van der Waals surface area (Å²) in [5.74, 6) is 0. The Morgan fingerprint density at radius 2 is 1.88 bits per heavy atom. The van der Waals surface area contributed by atoms with Crippen LogP contribution < -0.4 is 11.0 Å². The first kappa shape index (κ1) is 17.4. The smallest absolute Gasteiger partial charge is 0.280 e. The maximum Gasteiger partial charge on any atom is 0.280 e. The fourth-order valence-electron chi connectivity index (χ4n) is 3.06. The Bertz CT molecular complexity index is 831. The summed E-state index contributed by atoms with van der Waals surface area (Å²) in [6.45, 7) is 3.84. The summed E-state index contributed by atoms with van der Waals surface area (Å²) in [5, 5.41) is 4.82. The highest BCUT2D eigenvalue weighted by atomic mass is 32.1. The summed E-state index contributed by atoms with van der Waals surface area (Å²) >= 11 is 5.38. The lowest BCUT2D eigenvalue weighted by Crippen LogP contribution is -2.40. The molecule has 0 aliphatic carbocycles. The van der Waals surface area contributed by atoms with Gasteiger partial charge in [-0.3, -0.25) is 14.9 Å². The molecular weight excluding hydrogens is 334 g/mol. The summed E-state index contributed by atoms with van der Waals surface area (Å²) in [4.78, 5) is 14.9. The fourth-order valence-corrected chi connectivity index (χ4v) is 3.29. The number of benzene rings is 1. The van der Waals surface area contributed by atoms with Crippen LogP contribution in [0.5, 0.6) is 0 Å². The van der Waals surface area contributed by atoms with Gasteiger partial charge in [-0.1, -0.05) is 18.2 Å². The van der Waals surface area contributed by atoms with Crippen LogP contribution in [0.15, 0.2) is 40.2 Å². The van der Waals surface area contributed by atoms with Crippen LogP contribution in [0.25, 0.3) is 5.69 Å². The van der Waals surface area contributed by atoms with Crippen LogP contribution in [0.1, 0.15) is 30.5 Å². The quantitative estimate of drug-likeness (QED) is 0.520. The molecule has 2 heterocycles. The maximum atomic E-state index is 12.8. The second-order valence-corrected chi connectivity index (χ2v) is 6.58. The first-order valence-electron chi connectivity index (χ1n) is 8.51. The zero-order valence-corrected chi connectivity index (χ0v) is 15.4. The summed E-state index contributed by atoms with van der Waals surface area (Å²) in [6.07, 6.45) is 5.13. The molecule has 0 spiro atoms. The lowest BCUT2D eigenvalue weighted by atomic mass is 10.1. The predicted molar refractivity (Wildman–Crippen MR) is 104 cm³/mol. The summed E-state index contributed by atoms with van der Waals surface area (Å²) in [7, 11) is 1.87. The molecule has 1 aliphatic heterocycles. The molecule has 0 saturated carbocycles. The van der Waals surface area contributed by atoms with Crippen LogP contribution in [0.2, 0.25) is 0 Å². The van der Waals surface area contributed by atoms with Gasteiger partial charge in [-0.15, -0.1) is 0 Å². The van der Waals surface area contributed by atoms with E-state index < -0.39 is 0 Å². The predicted octanol–water partition coefficient (Wildman–Crippen LogP) is 2.18. The summed E-state index contributed by atoms with van der Waals surface area (Å²) in [5.41, 5.74) is 5.03. The molecule has 1 aliphatic rings. The molecule has 7 heteroatoms. The Morgan fingerprint density at radius 1 is 1.20 bits per heavy atom. The van der Waals surface area contributed by atoms with Gasteiger partial charge < -0.3 is 4.90 Å². The fraction of sp³-hybridized carbons (Fsp3) is 0.389. The number of para-hydroxylation sites is 1. The molecule has 3 rings (SSSR count). The Balaban J connectivity index is 1.79. The van der Waals surface area contributed by atoms with Crippen molar-refractivity contribution in [3.63, 3.8) is 0 Å². The highest BCUT2D eigenvalue weighted by Crippen LogP contribution is 2.10. The second kappa shape index (κ2) is 7.65. The zero-order chi connectivity index (χ0) is 17.8. The molecule has 0 radical (unpaired) electrons. The van der Waals surface area contributed by atoms with Crippen molar-refractivity contribution in [1.82, 2.24) is 19.7 Å². The minimum absolute atomic E-state index is 0.0966. The van der Waals surface area contributed by atoms with Crippen LogP contribution in [-0.2, 0) is 7.05 Å². The van der Waals surface area contributed by atoms with Crippen molar-refractivity contribution in [3.8, 4) is 5.69 Å². The molecule has 6 nitrogen and oxygen atoms in total. The number of hydrazone groups is 1. The molecular formula is C18H23N5OS. The minimum atomic E-state index is -0.0966. The van der Waals surface area contributed by atoms with Crippen molar-refractivity contribution in [2.75, 3.05) is 13.1 Å². The molecule has 25 heavy (non-hydrogen) atoms. The number of piperidine rings is 1. The van der Waals surface area contributed by atoms with E-state index in [2.05, 4.69) is 15.4 Å². The van der Waals surface area contributed by atoms with E-state index in [-0.39, 0.29) is 5.56 Å². The molecule has 1 aromatic heterocycles. The SMILES string of the molecule is Cc1c(/C=N/NC(=S)N2CCCCC2)c(=O)n(-c2ccccc2)n1C. The average Bonchev–Trinajstić information content (AvgIpc) is 2.86. The average molecular weight is 357 g/mol. The number of nitrogens with zero attached hydrogens (tertiary/aromatic N) is 4. The maximum absolute atomic E-state index is 12.8. The van der Waals surface area contributed by atoms with E-state index in [1.165, 1.54) is 6.42 Å². The number of hydrogen-bond donors (Lipinski definition) is 1. The van der Waals surface area contributed by atoms with Gasteiger partial charge >= 0.3 is 0 Å². The highest BCUT2D eigenvalue weighted by Gasteiger charge is 2.15. The van der Waals surface area contributed by atoms with E-state index in [1.807, 2.05) is 49.0 Å². The largest absolute Gasteiger partial charge is 0.348 e. The topological polar surface area (TPSA) is 54.6 Å². The number of aromatic nitrogens is 2. The Kier molecular flexibility index (Phi) is 5.33. The van der Waals surface area contributed by atoms with Crippen molar-refractivity contribution >= 4 is 23.5 Å². The number of nitrogens with one attached hydrogen (secondary N) is 1. The Morgan fingerprint density at radius 3 is 2.56 bits per heavy atom. The first-order valence-corrected chi connectivity index (χ1v) is 8.92. The van der Waals surface area contributed by atoms with Crippen LogP contribution in [0, 0.1) is 6.92 Å². The third-order valence-electron chi connectivity index (χ3n) is 4.60. The molecule has 1 N–H and O–H groups in total. The van der Waals surface area contributed by atoms with Crippen LogP contribution >= 0.6 is 12.2 Å². The van der Waals surface area contributed by atoms with Gasteiger partial charge in [-0.05, 0) is 50.5 Å². The molecule has 0 amide bonds. The van der Waals surface area contributed by atoms with Gasteiger partial charge in [-0.2, -0.15) is 5.10 Å². The van der Waals surface area contributed by atoms with E-state index in [0.29, 0.717) is 10.7 Å². The number of likely N-dealkylation sites (tertiary alicyclic amines) is 1. The number of thiocarbonyl (C=S) groups is 1. The second-order valence-electron chi connectivity index (χ2n) is 6.20. The van der Waals surface area contributed by atoms with Crippen molar-refractivity contribution in [1.29, 1.82) is 0 Å². The first-order chi connectivity index (χ1) is 12.1. The van der Waals surface area contributed by atoms with E-state index in [0.717, 1.165) is 37.3 Å². The molecule has 1 saturated heterocycles. The van der Waals surface area contributed by atoms with Crippen LogP contribution in [-0.4, -0.2) is 38.7 Å². The van der Waals surface area contributed by atoms with Crippen molar-refractivity contribution in [2.24, 2.45) is 12.1 Å². The van der Waals surface area contributed by atoms with E-state index in [1.54, 1.807) is 10.9 Å². The molecule has 1 aromatic carbocycles. The van der Waals surface area contributed by atoms with E-state index in [9.17, 15) is 4.79 Å². The molecule has 0 unspecified atom stereocenters. The van der Waals surface area contributed by atoms with Gasteiger partial charge in [-0.25, -0.2) is 4.68 Å². The van der Waals surface area contributed by atoms with Crippen LogP contribution in [0.4, 0.5) is 0 Å². The Labute approximate surface area is 152 Å². The van der Waals surface area contributed by atoms with E-state index in [4.69, 9.17) is 12.2 Å². The van der Waals surface area contributed by atoms with Crippen molar-refractivity contribution in [3.05, 3.63) is 51.9 Å². The third-order valence-corrected chi connectivity index (χ3v) is 4.95. The zero-order valence-electron chi connectivity index (χ0n) is 14.6. The summed E-state index contributed by atoms with van der Waals surface area (Å²) < 4.78 is 3.47.